The van der Waals surface area contributed by atoms with Gasteiger partial charge in [-0.3, -0.25) is 9.59 Å². The maximum atomic E-state index is 12.7. The van der Waals surface area contributed by atoms with Gasteiger partial charge in [0.25, 0.3) is 5.91 Å². The van der Waals surface area contributed by atoms with Crippen LogP contribution in [0.2, 0.25) is 0 Å². The standard InChI is InChI=1S/C22H20N2O3S/c1-23(18-6-3-2-4-7-18)21(26)16-9-11-17(12-10-16)22-24(20(25)15-28-22)14-19-8-5-13-27-19/h2-13,22H,14-15H2,1H3/t22-/m1/s1. The number of carbonyl (C=O) groups excluding carboxylic acids is 2. The van der Waals surface area contributed by atoms with Gasteiger partial charge in [0.2, 0.25) is 5.91 Å². The number of anilines is 1. The molecule has 0 N–H and O–H groups in total. The summed E-state index contributed by atoms with van der Waals surface area (Å²) >= 11 is 1.59. The third-order valence-electron chi connectivity index (χ3n) is 4.77. The van der Waals surface area contributed by atoms with Crippen LogP contribution in [0.1, 0.15) is 27.1 Å². The van der Waals surface area contributed by atoms with Gasteiger partial charge in [0.1, 0.15) is 11.1 Å². The smallest absolute Gasteiger partial charge is 0.258 e. The SMILES string of the molecule is CN(C(=O)c1ccc([C@H]2SCC(=O)N2Cc2ccco2)cc1)c1ccccc1. The van der Waals surface area contributed by atoms with Crippen LogP contribution >= 0.6 is 11.8 Å². The molecule has 28 heavy (non-hydrogen) atoms. The third-order valence-corrected chi connectivity index (χ3v) is 6.02. The van der Waals surface area contributed by atoms with Crippen LogP contribution < -0.4 is 4.90 Å². The first kappa shape index (κ1) is 18.4. The molecule has 2 amide bonds. The minimum absolute atomic E-state index is 0.0691. The van der Waals surface area contributed by atoms with Crippen LogP contribution in [0.5, 0.6) is 0 Å². The lowest BCUT2D eigenvalue weighted by molar-refractivity contribution is -0.128. The molecule has 6 heteroatoms. The molecule has 4 rings (SSSR count). The molecule has 1 saturated heterocycles. The first-order valence-corrected chi connectivity index (χ1v) is 10.0. The van der Waals surface area contributed by atoms with Gasteiger partial charge in [-0.15, -0.1) is 11.8 Å². The van der Waals surface area contributed by atoms with Gasteiger partial charge in [0.05, 0.1) is 18.6 Å². The number of nitrogens with zero attached hydrogens (tertiary/aromatic N) is 2. The lowest BCUT2D eigenvalue weighted by Crippen LogP contribution is -2.28. The number of hydrogen-bond donors (Lipinski definition) is 0. The van der Waals surface area contributed by atoms with Crippen molar-refractivity contribution in [2.45, 2.75) is 11.9 Å². The molecule has 142 valence electrons. The van der Waals surface area contributed by atoms with Crippen molar-refractivity contribution in [1.82, 2.24) is 4.90 Å². The van der Waals surface area contributed by atoms with Crippen LogP contribution in [0.3, 0.4) is 0 Å². The highest BCUT2D eigenvalue weighted by atomic mass is 32.2. The Labute approximate surface area is 167 Å². The Bertz CT molecular complexity index is 955. The van der Waals surface area contributed by atoms with Gasteiger partial charge < -0.3 is 14.2 Å². The first-order chi connectivity index (χ1) is 13.6. The quantitative estimate of drug-likeness (QED) is 0.649. The van der Waals surface area contributed by atoms with E-state index in [1.54, 1.807) is 30.0 Å². The number of thioether (sulfide) groups is 1. The maximum absolute atomic E-state index is 12.7. The highest BCUT2D eigenvalue weighted by Gasteiger charge is 2.33. The summed E-state index contributed by atoms with van der Waals surface area (Å²) in [5.41, 5.74) is 2.46. The van der Waals surface area contributed by atoms with Crippen molar-refractivity contribution in [1.29, 1.82) is 0 Å². The van der Waals surface area contributed by atoms with E-state index in [4.69, 9.17) is 4.42 Å². The van der Waals surface area contributed by atoms with Crippen molar-refractivity contribution in [2.75, 3.05) is 17.7 Å². The van der Waals surface area contributed by atoms with Gasteiger partial charge >= 0.3 is 0 Å². The third kappa shape index (κ3) is 3.68. The second-order valence-corrected chi connectivity index (χ2v) is 7.65. The van der Waals surface area contributed by atoms with E-state index < -0.39 is 0 Å². The van der Waals surface area contributed by atoms with Crippen molar-refractivity contribution in [3.05, 3.63) is 89.9 Å². The molecule has 1 aliphatic heterocycles. The predicted octanol–water partition coefficient (Wildman–Crippen LogP) is 4.33. The van der Waals surface area contributed by atoms with Crippen LogP contribution in [0.25, 0.3) is 0 Å². The van der Waals surface area contributed by atoms with Crippen LogP contribution in [-0.4, -0.2) is 29.5 Å². The Hall–Kier alpha value is -2.99. The fraction of sp³-hybridized carbons (Fsp3) is 0.182. The zero-order valence-corrected chi connectivity index (χ0v) is 16.3. The van der Waals surface area contributed by atoms with Gasteiger partial charge in [-0.2, -0.15) is 0 Å². The first-order valence-electron chi connectivity index (χ1n) is 9.00. The number of para-hydroxylation sites is 1. The van der Waals surface area contributed by atoms with E-state index in [2.05, 4.69) is 0 Å². The molecule has 1 aromatic heterocycles. The van der Waals surface area contributed by atoms with E-state index in [1.807, 2.05) is 71.6 Å². The van der Waals surface area contributed by atoms with Crippen LogP contribution in [0.15, 0.2) is 77.4 Å². The van der Waals surface area contributed by atoms with E-state index in [0.717, 1.165) is 17.0 Å². The average molecular weight is 392 g/mol. The molecule has 0 spiro atoms. The molecule has 1 fully saturated rings. The fourth-order valence-electron chi connectivity index (χ4n) is 3.22. The second kappa shape index (κ2) is 7.94. The molecule has 0 unspecified atom stereocenters. The van der Waals surface area contributed by atoms with Gasteiger partial charge in [0, 0.05) is 18.3 Å². The van der Waals surface area contributed by atoms with Gasteiger partial charge in [0.15, 0.2) is 0 Å². The molecule has 0 radical (unpaired) electrons. The summed E-state index contributed by atoms with van der Waals surface area (Å²) in [5, 5.41) is -0.0754. The molecule has 0 bridgehead atoms. The molecular formula is C22H20N2O3S. The lowest BCUT2D eigenvalue weighted by Gasteiger charge is -2.23. The molecule has 5 nitrogen and oxygen atoms in total. The lowest BCUT2D eigenvalue weighted by atomic mass is 10.1. The summed E-state index contributed by atoms with van der Waals surface area (Å²) in [6.45, 7) is 0.445. The summed E-state index contributed by atoms with van der Waals surface area (Å²) in [7, 11) is 1.77. The molecule has 0 aliphatic carbocycles. The zero-order valence-electron chi connectivity index (χ0n) is 15.4. The van der Waals surface area contributed by atoms with Crippen molar-refractivity contribution < 1.29 is 14.0 Å². The highest BCUT2D eigenvalue weighted by molar-refractivity contribution is 8.00. The van der Waals surface area contributed by atoms with E-state index in [-0.39, 0.29) is 17.2 Å². The molecule has 1 aliphatic rings. The summed E-state index contributed by atoms with van der Waals surface area (Å²) in [6, 6.07) is 20.7. The zero-order chi connectivity index (χ0) is 19.5. The van der Waals surface area contributed by atoms with Crippen molar-refractivity contribution in [2.24, 2.45) is 0 Å². The molecule has 1 atom stereocenters. The van der Waals surface area contributed by atoms with E-state index in [9.17, 15) is 9.59 Å². The molecule has 3 aromatic rings. The molecular weight excluding hydrogens is 372 g/mol. The Morgan fingerprint density at radius 2 is 1.86 bits per heavy atom. The van der Waals surface area contributed by atoms with E-state index in [0.29, 0.717) is 17.9 Å². The number of amides is 2. The Morgan fingerprint density at radius 3 is 2.54 bits per heavy atom. The summed E-state index contributed by atoms with van der Waals surface area (Å²) in [5.74, 6) is 1.23. The minimum Gasteiger partial charge on any atom is -0.467 e. The Morgan fingerprint density at radius 1 is 1.11 bits per heavy atom. The maximum Gasteiger partial charge on any atom is 0.258 e. The number of carbonyl (C=O) groups is 2. The van der Waals surface area contributed by atoms with Crippen molar-refractivity contribution in [3.8, 4) is 0 Å². The molecule has 2 heterocycles. The number of benzene rings is 2. The van der Waals surface area contributed by atoms with Crippen molar-refractivity contribution in [3.63, 3.8) is 0 Å². The number of hydrogen-bond acceptors (Lipinski definition) is 4. The molecule has 0 saturated carbocycles. The van der Waals surface area contributed by atoms with Gasteiger partial charge in [-0.05, 0) is 42.0 Å². The Balaban J connectivity index is 1.51. The minimum atomic E-state index is -0.0754. The largest absolute Gasteiger partial charge is 0.467 e. The summed E-state index contributed by atoms with van der Waals surface area (Å²) in [4.78, 5) is 28.5. The van der Waals surface area contributed by atoms with Crippen LogP contribution in [-0.2, 0) is 11.3 Å². The molecule has 2 aromatic carbocycles. The second-order valence-electron chi connectivity index (χ2n) is 6.59. The van der Waals surface area contributed by atoms with Crippen molar-refractivity contribution >= 4 is 29.3 Å². The summed E-state index contributed by atoms with van der Waals surface area (Å²) < 4.78 is 5.39. The van der Waals surface area contributed by atoms with E-state index >= 15 is 0 Å². The monoisotopic (exact) mass is 392 g/mol. The van der Waals surface area contributed by atoms with Crippen LogP contribution in [0.4, 0.5) is 5.69 Å². The van der Waals surface area contributed by atoms with Crippen LogP contribution in [0, 0.1) is 0 Å². The predicted molar refractivity (Wildman–Crippen MR) is 110 cm³/mol. The normalized spacial score (nSPS) is 16.4. The van der Waals surface area contributed by atoms with Gasteiger partial charge in [-0.25, -0.2) is 0 Å². The number of rotatable bonds is 5. The summed E-state index contributed by atoms with van der Waals surface area (Å²) in [6.07, 6.45) is 1.61. The Kier molecular flexibility index (Phi) is 5.21. The number of furan rings is 1. The highest BCUT2D eigenvalue weighted by Crippen LogP contribution is 2.39. The topological polar surface area (TPSA) is 53.8 Å². The van der Waals surface area contributed by atoms with Gasteiger partial charge in [-0.1, -0.05) is 30.3 Å². The fourth-order valence-corrected chi connectivity index (χ4v) is 4.41. The van der Waals surface area contributed by atoms with E-state index in [1.165, 1.54) is 0 Å². The average Bonchev–Trinajstić information content (AvgIpc) is 3.38.